The summed E-state index contributed by atoms with van der Waals surface area (Å²) in [6, 6.07) is 0.436. The molecule has 0 radical (unpaired) electrons. The molecule has 1 fully saturated rings. The molecule has 1 aliphatic carbocycles. The number of thiocarbonyl (C=S) groups is 2. The van der Waals surface area contributed by atoms with Gasteiger partial charge in [-0.2, -0.15) is 0 Å². The van der Waals surface area contributed by atoms with E-state index in [4.69, 9.17) is 10.2 Å². The van der Waals surface area contributed by atoms with Crippen LogP contribution in [0.25, 0.3) is 0 Å². The molecule has 0 bridgehead atoms. The topological polar surface area (TPSA) is 78.5 Å². The molecular formula is C10H23N2NaO2S2. The van der Waals surface area contributed by atoms with Gasteiger partial charge in [0.05, 0.1) is 0 Å². The molecule has 1 rings (SSSR count). The Hall–Kier alpha value is 0.380. The van der Waals surface area contributed by atoms with Crippen molar-refractivity contribution >= 4 is 64.3 Å². The third-order valence-corrected chi connectivity index (χ3v) is 2.05. The molecule has 0 saturated heterocycles. The Labute approximate surface area is 137 Å². The van der Waals surface area contributed by atoms with Crippen LogP contribution >= 0.6 is 24.4 Å². The fourth-order valence-corrected chi connectivity index (χ4v) is 1.59. The Balaban J connectivity index is -0.000000242. The number of rotatable bonds is 1. The molecule has 0 amide bonds. The quantitative estimate of drug-likeness (QED) is 0.436. The zero-order valence-corrected chi connectivity index (χ0v) is 11.5. The molecule has 0 aliphatic heterocycles. The third kappa shape index (κ3) is 22.1. The number of aliphatic hydroxyl groups excluding tert-OH is 2. The van der Waals surface area contributed by atoms with Gasteiger partial charge in [0.15, 0.2) is 0 Å². The van der Waals surface area contributed by atoms with E-state index in [2.05, 4.69) is 35.5 Å². The second-order valence-corrected chi connectivity index (χ2v) is 3.93. The SMILES string of the molecule is CC.NC(O)=S.OC(=S)NC1CCCCC1.[NaH]. The number of nitrogens with two attached hydrogens (primary N) is 1. The van der Waals surface area contributed by atoms with Crippen molar-refractivity contribution < 1.29 is 10.2 Å². The maximum absolute atomic E-state index is 8.72. The summed E-state index contributed by atoms with van der Waals surface area (Å²) >= 11 is 8.39. The van der Waals surface area contributed by atoms with Crippen LogP contribution in [-0.4, -0.2) is 56.2 Å². The van der Waals surface area contributed by atoms with E-state index in [1.165, 1.54) is 19.3 Å². The monoisotopic (exact) mass is 290 g/mol. The van der Waals surface area contributed by atoms with Gasteiger partial charge in [-0.1, -0.05) is 33.1 Å². The summed E-state index contributed by atoms with van der Waals surface area (Å²) in [5.74, 6) is 0. The fraction of sp³-hybridized carbons (Fsp3) is 0.800. The number of nitrogens with one attached hydrogen (secondary N) is 1. The van der Waals surface area contributed by atoms with Gasteiger partial charge < -0.3 is 21.3 Å². The number of aliphatic hydroxyl groups is 2. The molecule has 4 nitrogen and oxygen atoms in total. The Morgan fingerprint density at radius 3 is 1.76 bits per heavy atom. The average Bonchev–Trinajstić information content (AvgIpc) is 2.20. The van der Waals surface area contributed by atoms with Crippen LogP contribution in [0.5, 0.6) is 0 Å². The summed E-state index contributed by atoms with van der Waals surface area (Å²) in [5, 5.41) is 18.6. The number of hydrogen-bond donors (Lipinski definition) is 4. The Morgan fingerprint density at radius 2 is 1.47 bits per heavy atom. The predicted molar refractivity (Wildman–Crippen MR) is 83.1 cm³/mol. The van der Waals surface area contributed by atoms with Gasteiger partial charge in [0, 0.05) is 6.04 Å². The van der Waals surface area contributed by atoms with Crippen molar-refractivity contribution in [3.63, 3.8) is 0 Å². The first-order valence-electron chi connectivity index (χ1n) is 5.50. The molecule has 0 aromatic carbocycles. The summed E-state index contributed by atoms with van der Waals surface area (Å²) < 4.78 is 0. The van der Waals surface area contributed by atoms with E-state index in [9.17, 15) is 0 Å². The van der Waals surface area contributed by atoms with E-state index in [0.29, 0.717) is 6.04 Å². The van der Waals surface area contributed by atoms with Crippen LogP contribution in [0.15, 0.2) is 0 Å². The summed E-state index contributed by atoms with van der Waals surface area (Å²) in [5.41, 5.74) is 4.40. The van der Waals surface area contributed by atoms with E-state index in [1.54, 1.807) is 0 Å². The molecule has 0 aromatic rings. The van der Waals surface area contributed by atoms with E-state index in [-0.39, 0.29) is 34.7 Å². The van der Waals surface area contributed by atoms with Crippen LogP contribution in [0.1, 0.15) is 46.0 Å². The molecule has 5 N–H and O–H groups in total. The van der Waals surface area contributed by atoms with Crippen LogP contribution in [0.2, 0.25) is 0 Å². The molecule has 0 unspecified atom stereocenters. The van der Waals surface area contributed by atoms with E-state index >= 15 is 0 Å². The zero-order valence-electron chi connectivity index (χ0n) is 9.90. The van der Waals surface area contributed by atoms with Crippen molar-refractivity contribution in [1.82, 2.24) is 5.32 Å². The second kappa shape index (κ2) is 16.4. The molecule has 7 heteroatoms. The molecule has 17 heavy (non-hydrogen) atoms. The van der Waals surface area contributed by atoms with Gasteiger partial charge in [0.2, 0.25) is 0 Å². The fourth-order valence-electron chi connectivity index (χ4n) is 1.42. The minimum absolute atomic E-state index is 0. The van der Waals surface area contributed by atoms with Crippen molar-refractivity contribution in [2.75, 3.05) is 0 Å². The summed E-state index contributed by atoms with van der Waals surface area (Å²) in [6.07, 6.45) is 6.17. The van der Waals surface area contributed by atoms with E-state index in [0.717, 1.165) is 12.8 Å². The van der Waals surface area contributed by atoms with Crippen molar-refractivity contribution in [2.24, 2.45) is 5.73 Å². The Kier molecular flexibility index (Phi) is 21.7. The molecule has 0 atom stereocenters. The van der Waals surface area contributed by atoms with Crippen LogP contribution < -0.4 is 11.1 Å². The van der Waals surface area contributed by atoms with Crippen molar-refractivity contribution in [2.45, 2.75) is 52.0 Å². The minimum atomic E-state index is -0.500. The van der Waals surface area contributed by atoms with Crippen LogP contribution in [0.3, 0.4) is 0 Å². The molecule has 1 aliphatic rings. The van der Waals surface area contributed by atoms with Gasteiger partial charge in [-0.15, -0.1) is 0 Å². The first-order chi connectivity index (χ1) is 7.52. The first-order valence-corrected chi connectivity index (χ1v) is 6.32. The summed E-state index contributed by atoms with van der Waals surface area (Å²) in [6.45, 7) is 4.00. The zero-order chi connectivity index (χ0) is 13.0. The van der Waals surface area contributed by atoms with Crippen molar-refractivity contribution in [1.29, 1.82) is 0 Å². The van der Waals surface area contributed by atoms with Crippen molar-refractivity contribution in [3.8, 4) is 0 Å². The normalized spacial score (nSPS) is 13.8. The predicted octanol–water partition coefficient (Wildman–Crippen LogP) is 1.92. The molecule has 0 spiro atoms. The Bertz CT molecular complexity index is 197. The van der Waals surface area contributed by atoms with Gasteiger partial charge >= 0.3 is 29.6 Å². The average molecular weight is 290 g/mol. The molecule has 0 heterocycles. The summed E-state index contributed by atoms with van der Waals surface area (Å²) in [7, 11) is 0. The third-order valence-electron chi connectivity index (χ3n) is 1.93. The van der Waals surface area contributed by atoms with Gasteiger partial charge in [0.25, 0.3) is 10.3 Å². The van der Waals surface area contributed by atoms with E-state index < -0.39 is 5.17 Å². The molecule has 1 saturated carbocycles. The van der Waals surface area contributed by atoms with Crippen molar-refractivity contribution in [3.05, 3.63) is 0 Å². The van der Waals surface area contributed by atoms with Crippen LogP contribution in [-0.2, 0) is 0 Å². The second-order valence-electron chi connectivity index (χ2n) is 3.12. The summed E-state index contributed by atoms with van der Waals surface area (Å²) in [4.78, 5) is 0. The van der Waals surface area contributed by atoms with Gasteiger partial charge in [-0.25, -0.2) is 0 Å². The maximum atomic E-state index is 8.72. The van der Waals surface area contributed by atoms with Crippen LogP contribution in [0, 0.1) is 0 Å². The van der Waals surface area contributed by atoms with Gasteiger partial charge in [-0.3, -0.25) is 0 Å². The van der Waals surface area contributed by atoms with Gasteiger partial charge in [-0.05, 0) is 37.3 Å². The molecular weight excluding hydrogens is 267 g/mol. The number of hydrogen-bond acceptors (Lipinski definition) is 2. The Morgan fingerprint density at radius 1 is 1.12 bits per heavy atom. The molecule has 0 aromatic heterocycles. The standard InChI is InChI=1S/C7H13NOS.C2H6.CH3NOS.Na.H/c9-7(10)8-6-4-2-1-3-5-6;1-2;2-1(3)4;;/h6H,1-5H2,(H2,8,9,10);1-2H3;(H3,2,3,4);;. The first kappa shape index (κ1) is 22.6. The van der Waals surface area contributed by atoms with E-state index in [1.807, 2.05) is 13.8 Å². The van der Waals surface area contributed by atoms with Gasteiger partial charge in [0.1, 0.15) is 0 Å². The molecule has 98 valence electrons. The van der Waals surface area contributed by atoms with Crippen LogP contribution in [0.4, 0.5) is 0 Å².